The molecule has 1 fully saturated rings. The van der Waals surface area contributed by atoms with Crippen molar-refractivity contribution in [2.75, 3.05) is 5.73 Å². The van der Waals surface area contributed by atoms with Crippen LogP contribution in [0.1, 0.15) is 20.1 Å². The van der Waals surface area contributed by atoms with E-state index in [9.17, 15) is 19.7 Å². The number of aliphatic hydroxyl groups is 3. The second-order valence-electron chi connectivity index (χ2n) is 5.71. The van der Waals surface area contributed by atoms with Crippen molar-refractivity contribution in [1.29, 1.82) is 0 Å². The summed E-state index contributed by atoms with van der Waals surface area (Å²) in [5.74, 6) is -0.700. The minimum absolute atomic E-state index is 0.0110. The minimum Gasteiger partial charge on any atom is -0.391 e. The van der Waals surface area contributed by atoms with E-state index in [0.29, 0.717) is 0 Å². The first-order valence-corrected chi connectivity index (χ1v) is 6.75. The molecule has 0 spiro atoms. The monoisotopic (exact) mass is 312 g/mol. The fraction of sp³-hybridized carbons (Fsp3) is 0.538. The van der Waals surface area contributed by atoms with E-state index in [0.717, 1.165) is 6.20 Å². The number of halogens is 1. The summed E-state index contributed by atoms with van der Waals surface area (Å²) in [5, 5.41) is 30.4. The normalized spacial score (nSPS) is 33.5. The van der Waals surface area contributed by atoms with Gasteiger partial charge in [-0.1, -0.05) is 0 Å². The maximum absolute atomic E-state index is 14.1. The SMILES string of the molecule is CC(O)[C@H]1O[C@@H](n2cc(F)c3c(N)ncnc32)[C@](C)(O)[C@@H]1O. The Hall–Kier alpha value is -1.81. The summed E-state index contributed by atoms with van der Waals surface area (Å²) in [6.45, 7) is 2.78. The second kappa shape index (κ2) is 4.85. The molecule has 3 rings (SSSR count). The van der Waals surface area contributed by atoms with Gasteiger partial charge in [0.05, 0.1) is 11.5 Å². The van der Waals surface area contributed by atoms with Crippen molar-refractivity contribution in [2.24, 2.45) is 0 Å². The summed E-state index contributed by atoms with van der Waals surface area (Å²) in [4.78, 5) is 7.69. The maximum Gasteiger partial charge on any atom is 0.167 e. The number of anilines is 1. The number of aliphatic hydroxyl groups excluding tert-OH is 2. The lowest BCUT2D eigenvalue weighted by molar-refractivity contribution is -0.0986. The van der Waals surface area contributed by atoms with Crippen molar-refractivity contribution in [2.45, 2.75) is 44.0 Å². The fourth-order valence-electron chi connectivity index (χ4n) is 2.81. The minimum atomic E-state index is -1.75. The Kier molecular flexibility index (Phi) is 3.33. The van der Waals surface area contributed by atoms with Gasteiger partial charge in [0.1, 0.15) is 30.0 Å². The quantitative estimate of drug-likeness (QED) is 0.591. The van der Waals surface area contributed by atoms with Crippen molar-refractivity contribution in [3.8, 4) is 0 Å². The van der Waals surface area contributed by atoms with Gasteiger partial charge in [0.2, 0.25) is 0 Å². The molecule has 2 aromatic heterocycles. The molecule has 2 aromatic rings. The largest absolute Gasteiger partial charge is 0.391 e. The van der Waals surface area contributed by atoms with Gasteiger partial charge < -0.3 is 25.8 Å². The lowest BCUT2D eigenvalue weighted by atomic mass is 9.94. The average molecular weight is 312 g/mol. The molecule has 0 aliphatic carbocycles. The van der Waals surface area contributed by atoms with Crippen LogP contribution in [0.2, 0.25) is 0 Å². The van der Waals surface area contributed by atoms with Crippen LogP contribution in [0.5, 0.6) is 0 Å². The van der Waals surface area contributed by atoms with Gasteiger partial charge in [-0.15, -0.1) is 0 Å². The van der Waals surface area contributed by atoms with Gasteiger partial charge in [-0.05, 0) is 13.8 Å². The van der Waals surface area contributed by atoms with Gasteiger partial charge in [-0.3, -0.25) is 4.57 Å². The van der Waals surface area contributed by atoms with E-state index in [-0.39, 0.29) is 16.9 Å². The van der Waals surface area contributed by atoms with Gasteiger partial charge in [-0.2, -0.15) is 0 Å². The number of nitrogens with zero attached hydrogens (tertiary/aromatic N) is 3. The third-order valence-electron chi connectivity index (χ3n) is 4.02. The molecule has 0 bridgehead atoms. The number of hydrogen-bond donors (Lipinski definition) is 4. The van der Waals surface area contributed by atoms with E-state index in [4.69, 9.17) is 10.5 Å². The van der Waals surface area contributed by atoms with Crippen LogP contribution in [-0.4, -0.2) is 53.8 Å². The lowest BCUT2D eigenvalue weighted by Gasteiger charge is -2.27. The Labute approximate surface area is 125 Å². The van der Waals surface area contributed by atoms with E-state index in [1.54, 1.807) is 0 Å². The Morgan fingerprint density at radius 2 is 2.18 bits per heavy atom. The highest BCUT2D eigenvalue weighted by molar-refractivity contribution is 5.86. The Morgan fingerprint density at radius 1 is 1.50 bits per heavy atom. The van der Waals surface area contributed by atoms with E-state index < -0.39 is 36.0 Å². The average Bonchev–Trinajstić information content (AvgIpc) is 2.87. The molecule has 9 heteroatoms. The van der Waals surface area contributed by atoms with Crippen molar-refractivity contribution in [3.05, 3.63) is 18.3 Å². The van der Waals surface area contributed by atoms with Crippen molar-refractivity contribution in [1.82, 2.24) is 14.5 Å². The van der Waals surface area contributed by atoms with Crippen LogP contribution >= 0.6 is 0 Å². The number of nitrogens with two attached hydrogens (primary N) is 1. The van der Waals surface area contributed by atoms with E-state index in [2.05, 4.69) is 9.97 Å². The van der Waals surface area contributed by atoms with E-state index in [1.807, 2.05) is 0 Å². The zero-order valence-corrected chi connectivity index (χ0v) is 12.0. The van der Waals surface area contributed by atoms with Crippen LogP contribution in [0.25, 0.3) is 11.0 Å². The molecular formula is C13H17FN4O4. The standard InChI is InChI=1S/C13H17FN4O4/c1-5(19)8-9(20)13(2,21)12(22-8)18-3-6(14)7-10(15)16-4-17-11(7)18/h3-5,8-9,12,19-21H,1-2H3,(H2,15,16,17)/t5?,8-,9-,12-,13-/m1/s1. The molecular weight excluding hydrogens is 295 g/mol. The third-order valence-corrected chi connectivity index (χ3v) is 4.02. The summed E-state index contributed by atoms with van der Waals surface area (Å²) in [5.41, 5.74) is 4.03. The molecule has 1 aliphatic heterocycles. The Bertz CT molecular complexity index is 717. The summed E-state index contributed by atoms with van der Waals surface area (Å²) in [6.07, 6.45) is -2.27. The second-order valence-corrected chi connectivity index (χ2v) is 5.71. The summed E-state index contributed by atoms with van der Waals surface area (Å²) in [6, 6.07) is 0. The van der Waals surface area contributed by atoms with E-state index >= 15 is 0 Å². The third kappa shape index (κ3) is 1.97. The number of fused-ring (bicyclic) bond motifs is 1. The first kappa shape index (κ1) is 15.1. The summed E-state index contributed by atoms with van der Waals surface area (Å²) in [7, 11) is 0. The molecule has 1 unspecified atom stereocenters. The van der Waals surface area contributed by atoms with E-state index in [1.165, 1.54) is 24.7 Å². The molecule has 5 atom stereocenters. The van der Waals surface area contributed by atoms with Gasteiger partial charge in [0.25, 0.3) is 0 Å². The van der Waals surface area contributed by atoms with Crippen molar-refractivity contribution in [3.63, 3.8) is 0 Å². The van der Waals surface area contributed by atoms with Gasteiger partial charge in [-0.25, -0.2) is 14.4 Å². The smallest absolute Gasteiger partial charge is 0.167 e. The number of nitrogen functional groups attached to an aromatic ring is 1. The van der Waals surface area contributed by atoms with Crippen LogP contribution in [-0.2, 0) is 4.74 Å². The predicted octanol–water partition coefficient (Wildman–Crippen LogP) is -0.457. The Balaban J connectivity index is 2.14. The highest BCUT2D eigenvalue weighted by atomic mass is 19.1. The van der Waals surface area contributed by atoms with Crippen LogP contribution in [0.15, 0.2) is 12.5 Å². The molecule has 22 heavy (non-hydrogen) atoms. The highest BCUT2D eigenvalue weighted by Crippen LogP contribution is 2.41. The number of aromatic nitrogens is 3. The number of hydrogen-bond acceptors (Lipinski definition) is 7. The van der Waals surface area contributed by atoms with Crippen molar-refractivity contribution >= 4 is 16.9 Å². The molecule has 3 heterocycles. The van der Waals surface area contributed by atoms with Gasteiger partial charge in [0, 0.05) is 6.20 Å². The first-order valence-electron chi connectivity index (χ1n) is 6.75. The topological polar surface area (TPSA) is 127 Å². The predicted molar refractivity (Wildman–Crippen MR) is 74.1 cm³/mol. The molecule has 0 aromatic carbocycles. The summed E-state index contributed by atoms with van der Waals surface area (Å²) >= 11 is 0. The molecule has 120 valence electrons. The van der Waals surface area contributed by atoms with Crippen LogP contribution in [0.4, 0.5) is 10.2 Å². The Morgan fingerprint density at radius 3 is 2.77 bits per heavy atom. The number of rotatable bonds is 2. The first-order chi connectivity index (χ1) is 10.2. The molecule has 1 aliphatic rings. The zero-order valence-electron chi connectivity index (χ0n) is 12.0. The maximum atomic E-state index is 14.1. The fourth-order valence-corrected chi connectivity index (χ4v) is 2.81. The lowest BCUT2D eigenvalue weighted by Crippen LogP contribution is -2.45. The van der Waals surface area contributed by atoms with Crippen LogP contribution in [0.3, 0.4) is 0 Å². The summed E-state index contributed by atoms with van der Waals surface area (Å²) < 4.78 is 20.9. The number of ether oxygens (including phenoxy) is 1. The molecule has 1 saturated heterocycles. The molecule has 5 N–H and O–H groups in total. The van der Waals surface area contributed by atoms with Crippen LogP contribution in [0, 0.1) is 5.82 Å². The molecule has 0 amide bonds. The van der Waals surface area contributed by atoms with Crippen molar-refractivity contribution < 1.29 is 24.4 Å². The molecule has 8 nitrogen and oxygen atoms in total. The van der Waals surface area contributed by atoms with Gasteiger partial charge in [0.15, 0.2) is 17.7 Å². The van der Waals surface area contributed by atoms with Crippen LogP contribution < -0.4 is 5.73 Å². The van der Waals surface area contributed by atoms with Gasteiger partial charge >= 0.3 is 0 Å². The molecule has 0 radical (unpaired) electrons. The highest BCUT2D eigenvalue weighted by Gasteiger charge is 2.54. The zero-order chi connectivity index (χ0) is 16.2. The molecule has 0 saturated carbocycles.